The van der Waals surface area contributed by atoms with Crippen molar-refractivity contribution in [3.8, 4) is 11.5 Å². The van der Waals surface area contributed by atoms with Crippen molar-refractivity contribution in [2.45, 2.75) is 90.7 Å². The second kappa shape index (κ2) is 62.9. The first kappa shape index (κ1) is 95.6. The molecule has 0 atom stereocenters. The van der Waals surface area contributed by atoms with Crippen molar-refractivity contribution in [2.24, 2.45) is 5.41 Å². The van der Waals surface area contributed by atoms with Crippen LogP contribution in [0.5, 0.6) is 11.5 Å². The monoisotopic (exact) mass is 1850 g/mol. The second-order valence-corrected chi connectivity index (χ2v) is 19.7. The molecule has 0 amide bonds. The first-order valence-corrected chi connectivity index (χ1v) is 25.6. The molecule has 13 nitrogen and oxygen atoms in total. The first-order chi connectivity index (χ1) is 35.1. The summed E-state index contributed by atoms with van der Waals surface area (Å²) >= 11 is -3.11. The molecular formula is C57H72ClNaO13S3W4. The second-order valence-electron chi connectivity index (χ2n) is 15.2. The molecule has 79 heavy (non-hydrogen) atoms. The Hall–Kier alpha value is -2.65. The molecule has 6 aromatic rings. The topological polar surface area (TPSA) is 203 Å². The number of ether oxygens (including phenoxy) is 4. The number of hydrogen-bond donors (Lipinski definition) is 0. The van der Waals surface area contributed by atoms with Crippen molar-refractivity contribution in [3.63, 3.8) is 0 Å². The van der Waals surface area contributed by atoms with Crippen molar-refractivity contribution in [2.75, 3.05) is 27.4 Å². The van der Waals surface area contributed by atoms with Crippen LogP contribution in [0.3, 0.4) is 0 Å². The van der Waals surface area contributed by atoms with Crippen LogP contribution in [0, 0.1) is 11.3 Å². The molecule has 0 aromatic heterocycles. The molecule has 0 radical (unpaired) electrons. The molecule has 0 saturated heterocycles. The fourth-order valence-corrected chi connectivity index (χ4v) is 8.96. The van der Waals surface area contributed by atoms with Crippen molar-refractivity contribution in [3.05, 3.63) is 176 Å². The third-order valence-corrected chi connectivity index (χ3v) is 13.4. The normalized spacial score (nSPS) is 8.80. The maximum Gasteiger partial charge on any atom is 1.00 e. The van der Waals surface area contributed by atoms with Gasteiger partial charge in [-0.3, -0.25) is 4.21 Å². The summed E-state index contributed by atoms with van der Waals surface area (Å²) in [5.41, 5.74) is 0.542. The van der Waals surface area contributed by atoms with Crippen molar-refractivity contribution >= 4 is 84.7 Å². The van der Waals surface area contributed by atoms with E-state index in [0.717, 1.165) is 0 Å². The molecule has 6 rings (SSSR count). The first-order valence-electron chi connectivity index (χ1n) is 22.1. The minimum absolute atomic E-state index is 0. The van der Waals surface area contributed by atoms with Gasteiger partial charge in [-0.05, 0) is 102 Å². The molecule has 0 aliphatic rings. The van der Waals surface area contributed by atoms with Gasteiger partial charge in [0.1, 0.15) is 38.7 Å². The molecular weight excluding hydrogens is 1780 g/mol. The zero-order valence-electron chi connectivity index (χ0n) is 46.4. The van der Waals surface area contributed by atoms with Gasteiger partial charge in [-0.25, -0.2) is 9.59 Å². The number of rotatable bonds is 13. The Morgan fingerprint density at radius 2 is 0.658 bits per heavy atom. The van der Waals surface area contributed by atoms with Crippen molar-refractivity contribution in [1.82, 2.24) is 0 Å². The van der Waals surface area contributed by atoms with Crippen LogP contribution in [0.1, 0.15) is 61.3 Å². The van der Waals surface area contributed by atoms with E-state index in [0.29, 0.717) is 16.9 Å². The summed E-state index contributed by atoms with van der Waals surface area (Å²) in [5.74, 6) is 2.03. The van der Waals surface area contributed by atoms with Crippen LogP contribution in [0.4, 0.5) is 0 Å². The van der Waals surface area contributed by atoms with E-state index in [4.69, 9.17) is 42.0 Å². The van der Waals surface area contributed by atoms with E-state index in [9.17, 15) is 9.59 Å². The van der Waals surface area contributed by atoms with Gasteiger partial charge in [0, 0.05) is 84.3 Å². The van der Waals surface area contributed by atoms with Crippen LogP contribution in [-0.2, 0) is 156 Å². The fraction of sp³-hybridized carbons (Fsp3) is 0.246. The van der Waals surface area contributed by atoms with Gasteiger partial charge in [0.05, 0.1) is 36.0 Å². The van der Waals surface area contributed by atoms with E-state index >= 15 is 0 Å². The standard InChI is InChI=1S/2C21H19O3S.C6H14.C5H11.4CH2O.ClH.Na.H2O3S.4W/c2*1-23-21(22)16-24-17-12-14-20(15-13-17)25(18-8-4-2-5-9-18)19-10-6-3-7-11-19;1-5-6(2,3)4;1-4-5(2)3;4*1-2;;;1-4(2)3;;;;/h2*2-15H,16H2,1H3;5H2,1-4H3;4H2,1-3H3;4*1H2;1H;;(H2,1,2,3);;;;/q2*+1;;-1;;;;;;+1;;;;;/p-2. The SMILES string of the molecule is C=O.C=O.C=O.C=O.CCC(C)(C)C.CC[C-](C)C.COC(=O)COc1ccc([S+](c2ccccc2)c2ccccc2)cc1.COC(=O)COc1ccc([S+](c2ccccc2)c2ccccc2)cc1.Cl.O=S([O-])[O-].[Na+].[W].[W].[W].[W]. The van der Waals surface area contributed by atoms with Gasteiger partial charge >= 0.3 is 41.5 Å². The van der Waals surface area contributed by atoms with Gasteiger partial charge in [-0.15, -0.1) is 23.8 Å². The van der Waals surface area contributed by atoms with Crippen LogP contribution in [0.2, 0.25) is 0 Å². The third-order valence-electron chi connectivity index (χ3n) is 8.97. The number of halogens is 1. The smallest absolute Gasteiger partial charge is 0.784 e. The summed E-state index contributed by atoms with van der Waals surface area (Å²) in [6, 6.07) is 57.6. The van der Waals surface area contributed by atoms with Gasteiger partial charge in [0.25, 0.3) is 0 Å². The summed E-state index contributed by atoms with van der Waals surface area (Å²) in [4.78, 5) is 61.8. The van der Waals surface area contributed by atoms with Crippen LogP contribution in [-0.4, -0.2) is 79.8 Å². The molecule has 0 saturated carbocycles. The summed E-state index contributed by atoms with van der Waals surface area (Å²) in [7, 11) is 2.33. The fourth-order valence-electron chi connectivity index (χ4n) is 4.79. The minimum Gasteiger partial charge on any atom is -0.784 e. The van der Waals surface area contributed by atoms with Crippen LogP contribution in [0.25, 0.3) is 0 Å². The number of hydrogen-bond acceptors (Lipinski definition) is 13. The predicted molar refractivity (Wildman–Crippen MR) is 298 cm³/mol. The molecule has 0 fully saturated rings. The maximum atomic E-state index is 11.2. The van der Waals surface area contributed by atoms with Gasteiger partial charge in [0.15, 0.2) is 42.6 Å². The van der Waals surface area contributed by atoms with Crippen LogP contribution >= 0.6 is 12.4 Å². The van der Waals surface area contributed by atoms with Crippen LogP contribution in [0.15, 0.2) is 199 Å². The molecule has 22 heteroatoms. The van der Waals surface area contributed by atoms with Crippen molar-refractivity contribution < 1.29 is 175 Å². The number of esters is 2. The summed E-state index contributed by atoms with van der Waals surface area (Å²) < 4.78 is 45.4. The molecule has 0 aliphatic heterocycles. The Kier molecular flexibility index (Phi) is 76.1. The van der Waals surface area contributed by atoms with Gasteiger partial charge < -0.3 is 53.1 Å². The molecule has 6 aromatic carbocycles. The Morgan fingerprint density at radius 1 is 0.481 bits per heavy atom. The zero-order valence-corrected chi connectivity index (χ0v) is 63.4. The van der Waals surface area contributed by atoms with Gasteiger partial charge in [-0.2, -0.15) is 20.3 Å². The predicted octanol–water partition coefficient (Wildman–Crippen LogP) is 8.79. The maximum absolute atomic E-state index is 11.2. The number of carbonyl (C=O) groups is 6. The molecule has 0 heterocycles. The van der Waals surface area contributed by atoms with Crippen LogP contribution < -0.4 is 39.0 Å². The molecule has 0 N–H and O–H groups in total. The van der Waals surface area contributed by atoms with E-state index in [1.807, 2.05) is 75.7 Å². The zero-order chi connectivity index (χ0) is 56.0. The van der Waals surface area contributed by atoms with E-state index < -0.39 is 23.3 Å². The quantitative estimate of drug-likeness (QED) is 0.0349. The van der Waals surface area contributed by atoms with E-state index in [-0.39, 0.29) is 161 Å². The van der Waals surface area contributed by atoms with Gasteiger partial charge in [0.2, 0.25) is 0 Å². The molecule has 0 bridgehead atoms. The molecule has 0 aliphatic carbocycles. The van der Waals surface area contributed by atoms with E-state index in [2.05, 4.69) is 179 Å². The number of benzene rings is 6. The minimum atomic E-state index is -3.11. The number of carbonyl (C=O) groups excluding carboxylic acids is 6. The average Bonchev–Trinajstić information content (AvgIpc) is 3.44. The number of methoxy groups -OCH3 is 2. The van der Waals surface area contributed by atoms with E-state index in [1.165, 1.54) is 62.4 Å². The molecule has 428 valence electrons. The van der Waals surface area contributed by atoms with Crippen molar-refractivity contribution in [1.29, 1.82) is 0 Å². The third kappa shape index (κ3) is 47.5. The summed E-state index contributed by atoms with van der Waals surface area (Å²) in [6.07, 6.45) is 2.49. The summed E-state index contributed by atoms with van der Waals surface area (Å²) in [5, 5.41) is 0. The Bertz CT molecular complexity index is 2070. The Balaban J connectivity index is -0.000000121. The van der Waals surface area contributed by atoms with Gasteiger partial charge in [-0.1, -0.05) is 114 Å². The van der Waals surface area contributed by atoms with E-state index in [1.54, 1.807) is 0 Å². The summed E-state index contributed by atoms with van der Waals surface area (Å²) in [6.45, 7) is 23.2. The Morgan fingerprint density at radius 3 is 0.810 bits per heavy atom. The Labute approximate surface area is 564 Å². The molecule has 0 unspecified atom stereocenters. The average molecular weight is 1860 g/mol. The molecule has 0 spiro atoms. The largest absolute Gasteiger partial charge is 1.00 e.